The summed E-state index contributed by atoms with van der Waals surface area (Å²) < 4.78 is 0. The van der Waals surface area contributed by atoms with E-state index in [2.05, 4.69) is 17.1 Å². The highest BCUT2D eigenvalue weighted by atomic mass is 35.5. The van der Waals surface area contributed by atoms with Crippen LogP contribution in [0.5, 0.6) is 0 Å². The highest BCUT2D eigenvalue weighted by molar-refractivity contribution is 6.31. The second kappa shape index (κ2) is 7.08. The number of ketones is 1. The first-order valence-corrected chi connectivity index (χ1v) is 9.29. The molecule has 0 spiro atoms. The van der Waals surface area contributed by atoms with Crippen LogP contribution < -0.4 is 0 Å². The van der Waals surface area contributed by atoms with Crippen LogP contribution in [-0.2, 0) is 17.6 Å². The van der Waals surface area contributed by atoms with Crippen LogP contribution in [0.1, 0.15) is 35.4 Å². The van der Waals surface area contributed by atoms with E-state index in [1.165, 1.54) is 11.1 Å². The molecule has 0 saturated carbocycles. The number of benzene rings is 2. The van der Waals surface area contributed by atoms with Gasteiger partial charge in [0.1, 0.15) is 5.76 Å². The van der Waals surface area contributed by atoms with Crippen molar-refractivity contribution in [2.24, 2.45) is 4.99 Å². The van der Waals surface area contributed by atoms with Gasteiger partial charge in [0, 0.05) is 24.1 Å². The molecule has 4 heteroatoms. The molecule has 0 bridgehead atoms. The van der Waals surface area contributed by atoms with Gasteiger partial charge in [-0.2, -0.15) is 0 Å². The van der Waals surface area contributed by atoms with Crippen LogP contribution in [0.15, 0.2) is 64.9 Å². The zero-order chi connectivity index (χ0) is 18.1. The number of Topliss-reactive ketones (excluding diaryl/α,β-unsaturated/α-hetero) is 1. The molecule has 3 nitrogen and oxygen atoms in total. The van der Waals surface area contributed by atoms with Crippen LogP contribution in [0, 0.1) is 0 Å². The number of halogens is 1. The largest absolute Gasteiger partial charge is 0.511 e. The van der Waals surface area contributed by atoms with E-state index in [0.29, 0.717) is 23.4 Å². The van der Waals surface area contributed by atoms with Crippen molar-refractivity contribution in [3.63, 3.8) is 0 Å². The second-order valence-corrected chi connectivity index (χ2v) is 7.43. The van der Waals surface area contributed by atoms with Crippen molar-refractivity contribution in [2.45, 2.75) is 37.6 Å². The van der Waals surface area contributed by atoms with Crippen molar-refractivity contribution in [3.8, 4) is 0 Å². The Bertz CT molecular complexity index is 891. The average molecular weight is 366 g/mol. The van der Waals surface area contributed by atoms with Gasteiger partial charge in [-0.15, -0.1) is 0 Å². The Morgan fingerprint density at radius 2 is 1.62 bits per heavy atom. The maximum atomic E-state index is 12.6. The molecule has 26 heavy (non-hydrogen) atoms. The monoisotopic (exact) mass is 365 g/mol. The minimum atomic E-state index is -0.0796. The van der Waals surface area contributed by atoms with E-state index < -0.39 is 0 Å². The number of hydrogen-bond donors (Lipinski definition) is 1. The van der Waals surface area contributed by atoms with Gasteiger partial charge in [0.2, 0.25) is 0 Å². The van der Waals surface area contributed by atoms with E-state index in [4.69, 9.17) is 11.6 Å². The lowest BCUT2D eigenvalue weighted by molar-refractivity contribution is -0.116. The van der Waals surface area contributed by atoms with Gasteiger partial charge in [0.25, 0.3) is 0 Å². The molecule has 0 amide bonds. The average Bonchev–Trinajstić information content (AvgIpc) is 3.04. The van der Waals surface area contributed by atoms with Crippen molar-refractivity contribution in [1.82, 2.24) is 0 Å². The molecule has 1 N–H and O–H groups in total. The third-order valence-electron chi connectivity index (χ3n) is 5.27. The molecule has 0 radical (unpaired) electrons. The third-order valence-corrected chi connectivity index (χ3v) is 5.62. The van der Waals surface area contributed by atoms with Crippen LogP contribution in [0.3, 0.4) is 0 Å². The highest BCUT2D eigenvalue weighted by Crippen LogP contribution is 2.36. The fourth-order valence-corrected chi connectivity index (χ4v) is 4.19. The zero-order valence-corrected chi connectivity index (χ0v) is 15.1. The zero-order valence-electron chi connectivity index (χ0n) is 14.4. The van der Waals surface area contributed by atoms with E-state index in [1.807, 2.05) is 36.4 Å². The Morgan fingerprint density at radius 3 is 2.27 bits per heavy atom. The van der Waals surface area contributed by atoms with Crippen molar-refractivity contribution in [1.29, 1.82) is 0 Å². The fourth-order valence-electron chi connectivity index (χ4n) is 3.90. The summed E-state index contributed by atoms with van der Waals surface area (Å²) in [5.41, 5.74) is 3.91. The molecule has 1 unspecified atom stereocenters. The molecular formula is C22H20ClNO2. The lowest BCUT2D eigenvalue weighted by atomic mass is 9.83. The maximum Gasteiger partial charge on any atom is 0.168 e. The van der Waals surface area contributed by atoms with Crippen LogP contribution in [0.25, 0.3) is 0 Å². The molecule has 0 aliphatic heterocycles. The summed E-state index contributed by atoms with van der Waals surface area (Å²) in [6.45, 7) is 0. The van der Waals surface area contributed by atoms with Gasteiger partial charge in [-0.25, -0.2) is 0 Å². The molecule has 0 fully saturated rings. The van der Waals surface area contributed by atoms with Gasteiger partial charge in [-0.3, -0.25) is 9.79 Å². The first kappa shape index (κ1) is 17.0. The van der Waals surface area contributed by atoms with E-state index in [1.54, 1.807) is 6.21 Å². The Hall–Kier alpha value is -2.39. The van der Waals surface area contributed by atoms with Crippen LogP contribution in [0.2, 0.25) is 5.02 Å². The quantitative estimate of drug-likeness (QED) is 0.791. The number of fused-ring (bicyclic) bond motifs is 1. The van der Waals surface area contributed by atoms with Gasteiger partial charge < -0.3 is 5.11 Å². The fraction of sp³-hybridized carbons (Fsp3) is 0.273. The molecule has 2 aliphatic carbocycles. The normalized spacial score (nSPS) is 20.8. The Balaban J connectivity index is 1.50. The Kier molecular flexibility index (Phi) is 4.64. The van der Waals surface area contributed by atoms with Gasteiger partial charge in [-0.1, -0.05) is 54.1 Å². The summed E-state index contributed by atoms with van der Waals surface area (Å²) in [6.07, 6.45) is 4.12. The first-order chi connectivity index (χ1) is 12.6. The number of nitrogens with zero attached hydrogens (tertiary/aromatic N) is 1. The lowest BCUT2D eigenvalue weighted by Gasteiger charge is -2.23. The summed E-state index contributed by atoms with van der Waals surface area (Å²) in [5.74, 6) is -0.0348. The topological polar surface area (TPSA) is 49.7 Å². The summed E-state index contributed by atoms with van der Waals surface area (Å²) in [5, 5.41) is 11.1. The van der Waals surface area contributed by atoms with E-state index in [0.717, 1.165) is 18.4 Å². The Morgan fingerprint density at radius 1 is 0.962 bits per heavy atom. The minimum Gasteiger partial charge on any atom is -0.511 e. The highest BCUT2D eigenvalue weighted by Gasteiger charge is 2.29. The number of hydrogen-bond acceptors (Lipinski definition) is 3. The summed E-state index contributed by atoms with van der Waals surface area (Å²) in [7, 11) is 0. The first-order valence-electron chi connectivity index (χ1n) is 8.91. The van der Waals surface area contributed by atoms with Crippen molar-refractivity contribution >= 4 is 23.6 Å². The minimum absolute atomic E-state index is 0.0714. The number of aliphatic imine (C=N–C) groups is 1. The van der Waals surface area contributed by atoms with E-state index >= 15 is 0 Å². The SMILES string of the molecule is O=C1CC(c2ccccc2Cl)CC(O)=C1C=NC1Cc2ccccc2C1. The summed E-state index contributed by atoms with van der Waals surface area (Å²) in [6, 6.07) is 16.0. The van der Waals surface area contributed by atoms with Crippen LogP contribution >= 0.6 is 11.6 Å². The molecule has 2 aliphatic rings. The lowest BCUT2D eigenvalue weighted by Crippen LogP contribution is -2.20. The van der Waals surface area contributed by atoms with Crippen LogP contribution in [-0.4, -0.2) is 23.1 Å². The standard InChI is InChI=1S/C22H20ClNO2/c23-20-8-4-3-7-18(20)16-11-21(25)19(22(26)12-16)13-24-17-9-14-5-1-2-6-15(14)10-17/h1-8,13,16-17,25H,9-12H2. The molecule has 2 aromatic carbocycles. The molecule has 0 saturated heterocycles. The molecule has 4 rings (SSSR count). The Labute approximate surface area is 158 Å². The summed E-state index contributed by atoms with van der Waals surface area (Å²) >= 11 is 6.25. The summed E-state index contributed by atoms with van der Waals surface area (Å²) in [4.78, 5) is 17.2. The number of carbonyl (C=O) groups is 1. The van der Waals surface area contributed by atoms with Crippen LogP contribution in [0.4, 0.5) is 0 Å². The second-order valence-electron chi connectivity index (χ2n) is 7.02. The van der Waals surface area contributed by atoms with Crippen molar-refractivity contribution in [3.05, 3.63) is 81.6 Å². The molecule has 1 atom stereocenters. The van der Waals surface area contributed by atoms with E-state index in [-0.39, 0.29) is 23.5 Å². The number of carbonyl (C=O) groups excluding carboxylic acids is 1. The van der Waals surface area contributed by atoms with Crippen molar-refractivity contribution in [2.75, 3.05) is 0 Å². The van der Waals surface area contributed by atoms with Gasteiger partial charge in [0.15, 0.2) is 5.78 Å². The molecular weight excluding hydrogens is 346 g/mol. The maximum absolute atomic E-state index is 12.6. The van der Waals surface area contributed by atoms with Gasteiger partial charge in [-0.05, 0) is 41.5 Å². The number of aliphatic hydroxyl groups excluding tert-OH is 1. The number of aliphatic hydroxyl groups is 1. The van der Waals surface area contributed by atoms with Gasteiger partial charge in [0.05, 0.1) is 11.6 Å². The van der Waals surface area contributed by atoms with Gasteiger partial charge >= 0.3 is 0 Å². The molecule has 2 aromatic rings. The van der Waals surface area contributed by atoms with E-state index in [9.17, 15) is 9.90 Å². The number of allylic oxidation sites excluding steroid dienone is 2. The smallest absolute Gasteiger partial charge is 0.168 e. The third kappa shape index (κ3) is 3.32. The number of rotatable bonds is 3. The van der Waals surface area contributed by atoms with Crippen molar-refractivity contribution < 1.29 is 9.90 Å². The predicted molar refractivity (Wildman–Crippen MR) is 104 cm³/mol. The molecule has 0 heterocycles. The predicted octanol–water partition coefficient (Wildman–Crippen LogP) is 4.84. The molecule has 0 aromatic heterocycles. The molecule has 132 valence electrons.